The first-order chi connectivity index (χ1) is 7.18. The van der Waals surface area contributed by atoms with Gasteiger partial charge >= 0.3 is 0 Å². The molecule has 3 heteroatoms. The molecule has 2 saturated heterocycles. The minimum absolute atomic E-state index is 0.0587. The number of rotatable bonds is 2. The van der Waals surface area contributed by atoms with Gasteiger partial charge in [-0.15, -0.1) is 0 Å². The van der Waals surface area contributed by atoms with E-state index in [0.717, 1.165) is 38.1 Å². The van der Waals surface area contributed by atoms with Crippen LogP contribution >= 0.6 is 0 Å². The van der Waals surface area contributed by atoms with Gasteiger partial charge in [0.25, 0.3) is 0 Å². The summed E-state index contributed by atoms with van der Waals surface area (Å²) < 4.78 is 5.31. The number of nitriles is 1. The molecule has 0 bridgehead atoms. The van der Waals surface area contributed by atoms with Crippen LogP contribution in [0.25, 0.3) is 0 Å². The van der Waals surface area contributed by atoms with Crippen molar-refractivity contribution < 1.29 is 4.74 Å². The quantitative estimate of drug-likeness (QED) is 0.692. The van der Waals surface area contributed by atoms with Crippen LogP contribution in [0.3, 0.4) is 0 Å². The van der Waals surface area contributed by atoms with Crippen LogP contribution in [0.15, 0.2) is 0 Å². The number of piperidine rings is 1. The van der Waals surface area contributed by atoms with Crippen LogP contribution < -0.4 is 0 Å². The maximum absolute atomic E-state index is 8.88. The van der Waals surface area contributed by atoms with E-state index in [0.29, 0.717) is 6.42 Å². The Morgan fingerprint density at radius 3 is 2.60 bits per heavy atom. The minimum atomic E-state index is 0.0587. The summed E-state index contributed by atoms with van der Waals surface area (Å²) in [6, 6.07) is 2.31. The molecule has 0 N–H and O–H groups in total. The molecule has 2 atom stereocenters. The van der Waals surface area contributed by atoms with Crippen molar-refractivity contribution in [1.29, 1.82) is 5.26 Å². The SMILES string of the molecule is CC1CCN(C2(CC#N)COC2)CC1C. The van der Waals surface area contributed by atoms with Gasteiger partial charge in [-0.3, -0.25) is 4.90 Å². The highest BCUT2D eigenvalue weighted by atomic mass is 16.5. The highest BCUT2D eigenvalue weighted by Gasteiger charge is 2.45. The molecule has 0 saturated carbocycles. The molecule has 0 aliphatic carbocycles. The molecule has 15 heavy (non-hydrogen) atoms. The van der Waals surface area contributed by atoms with Gasteiger partial charge in [-0.05, 0) is 24.8 Å². The number of hydrogen-bond acceptors (Lipinski definition) is 3. The Morgan fingerprint density at radius 1 is 1.40 bits per heavy atom. The molecule has 2 rings (SSSR count). The molecule has 0 spiro atoms. The molecule has 2 unspecified atom stereocenters. The summed E-state index contributed by atoms with van der Waals surface area (Å²) in [6.07, 6.45) is 1.88. The largest absolute Gasteiger partial charge is 0.377 e. The standard InChI is InChI=1S/C12H20N2O/c1-10-3-6-14(7-11(10)2)12(4-5-13)8-15-9-12/h10-11H,3-4,6-9H2,1-2H3. The van der Waals surface area contributed by atoms with E-state index in [-0.39, 0.29) is 5.54 Å². The molecule has 2 aliphatic rings. The first kappa shape index (κ1) is 10.9. The second-order valence-corrected chi connectivity index (χ2v) is 5.24. The zero-order chi connectivity index (χ0) is 10.9. The Morgan fingerprint density at radius 2 is 2.13 bits per heavy atom. The van der Waals surface area contributed by atoms with Crippen molar-refractivity contribution in [2.45, 2.75) is 32.2 Å². The predicted octanol–water partition coefficient (Wildman–Crippen LogP) is 1.65. The Bertz CT molecular complexity index is 267. The van der Waals surface area contributed by atoms with Gasteiger partial charge < -0.3 is 4.74 Å². The van der Waals surface area contributed by atoms with Crippen LogP contribution in [0.5, 0.6) is 0 Å². The summed E-state index contributed by atoms with van der Waals surface area (Å²) in [4.78, 5) is 2.49. The molecule has 0 aromatic rings. The molecule has 0 radical (unpaired) electrons. The monoisotopic (exact) mass is 208 g/mol. The summed E-state index contributed by atoms with van der Waals surface area (Å²) in [5.41, 5.74) is 0.0587. The van der Waals surface area contributed by atoms with Crippen LogP contribution in [0.2, 0.25) is 0 Å². The third-order valence-corrected chi connectivity index (χ3v) is 4.15. The maximum Gasteiger partial charge on any atom is 0.0809 e. The summed E-state index contributed by atoms with van der Waals surface area (Å²) in [5.74, 6) is 1.57. The second-order valence-electron chi connectivity index (χ2n) is 5.24. The summed E-state index contributed by atoms with van der Waals surface area (Å²) >= 11 is 0. The van der Waals surface area contributed by atoms with E-state index in [2.05, 4.69) is 24.8 Å². The highest BCUT2D eigenvalue weighted by molar-refractivity contribution is 5.03. The van der Waals surface area contributed by atoms with E-state index in [1.165, 1.54) is 6.42 Å². The fourth-order valence-electron chi connectivity index (χ4n) is 2.57. The van der Waals surface area contributed by atoms with E-state index >= 15 is 0 Å². The van der Waals surface area contributed by atoms with Gasteiger partial charge in [-0.2, -0.15) is 5.26 Å². The maximum atomic E-state index is 8.88. The second kappa shape index (κ2) is 4.11. The van der Waals surface area contributed by atoms with Crippen molar-refractivity contribution in [2.24, 2.45) is 11.8 Å². The number of ether oxygens (including phenoxy) is 1. The van der Waals surface area contributed by atoms with Crippen LogP contribution in [0, 0.1) is 23.2 Å². The predicted molar refractivity (Wildman–Crippen MR) is 58.3 cm³/mol. The first-order valence-corrected chi connectivity index (χ1v) is 5.88. The van der Waals surface area contributed by atoms with Crippen LogP contribution in [-0.4, -0.2) is 36.7 Å². The molecule has 84 valence electrons. The van der Waals surface area contributed by atoms with Gasteiger partial charge in [-0.25, -0.2) is 0 Å². The van der Waals surface area contributed by atoms with E-state index in [1.54, 1.807) is 0 Å². The van der Waals surface area contributed by atoms with Crippen molar-refractivity contribution >= 4 is 0 Å². The number of hydrogen-bond donors (Lipinski definition) is 0. The Balaban J connectivity index is 2.01. The summed E-state index contributed by atoms with van der Waals surface area (Å²) in [5, 5.41) is 8.88. The Hall–Kier alpha value is -0.590. The average Bonchev–Trinajstić information content (AvgIpc) is 2.16. The van der Waals surface area contributed by atoms with E-state index in [4.69, 9.17) is 10.00 Å². The van der Waals surface area contributed by atoms with Crippen LogP contribution in [-0.2, 0) is 4.74 Å². The lowest BCUT2D eigenvalue weighted by Crippen LogP contribution is -2.64. The van der Waals surface area contributed by atoms with Crippen LogP contribution in [0.1, 0.15) is 26.7 Å². The summed E-state index contributed by atoms with van der Waals surface area (Å²) in [7, 11) is 0. The van der Waals surface area contributed by atoms with Crippen molar-refractivity contribution in [2.75, 3.05) is 26.3 Å². The molecular formula is C12H20N2O. The fraction of sp³-hybridized carbons (Fsp3) is 0.917. The van der Waals surface area contributed by atoms with Gasteiger partial charge in [0.15, 0.2) is 0 Å². The topological polar surface area (TPSA) is 36.3 Å². The van der Waals surface area contributed by atoms with E-state index in [1.807, 2.05) is 0 Å². The zero-order valence-electron chi connectivity index (χ0n) is 9.70. The van der Waals surface area contributed by atoms with Gasteiger partial charge in [-0.1, -0.05) is 13.8 Å². The molecule has 2 heterocycles. The lowest BCUT2D eigenvalue weighted by atomic mass is 9.83. The number of likely N-dealkylation sites (tertiary alicyclic amines) is 1. The van der Waals surface area contributed by atoms with Crippen molar-refractivity contribution in [3.63, 3.8) is 0 Å². The normalized spacial score (nSPS) is 35.5. The van der Waals surface area contributed by atoms with Gasteiger partial charge in [0.05, 0.1) is 31.2 Å². The third kappa shape index (κ3) is 1.89. The smallest absolute Gasteiger partial charge is 0.0809 e. The average molecular weight is 208 g/mol. The van der Waals surface area contributed by atoms with Crippen molar-refractivity contribution in [3.8, 4) is 6.07 Å². The number of nitrogens with zero attached hydrogens (tertiary/aromatic N) is 2. The Kier molecular flexibility index (Phi) is 2.99. The molecule has 0 aromatic carbocycles. The van der Waals surface area contributed by atoms with Gasteiger partial charge in [0.1, 0.15) is 0 Å². The van der Waals surface area contributed by atoms with E-state index in [9.17, 15) is 0 Å². The van der Waals surface area contributed by atoms with Crippen molar-refractivity contribution in [1.82, 2.24) is 4.90 Å². The third-order valence-electron chi connectivity index (χ3n) is 4.15. The molecule has 0 amide bonds. The molecule has 2 fully saturated rings. The summed E-state index contributed by atoms with van der Waals surface area (Å²) in [6.45, 7) is 8.42. The first-order valence-electron chi connectivity index (χ1n) is 5.88. The lowest BCUT2D eigenvalue weighted by Gasteiger charge is -2.52. The van der Waals surface area contributed by atoms with Crippen molar-refractivity contribution in [3.05, 3.63) is 0 Å². The van der Waals surface area contributed by atoms with E-state index < -0.39 is 0 Å². The van der Waals surface area contributed by atoms with Crippen LogP contribution in [0.4, 0.5) is 0 Å². The van der Waals surface area contributed by atoms with Gasteiger partial charge in [0.2, 0.25) is 0 Å². The molecular weight excluding hydrogens is 188 g/mol. The zero-order valence-corrected chi connectivity index (χ0v) is 9.70. The molecule has 0 aromatic heterocycles. The highest BCUT2D eigenvalue weighted by Crippen LogP contribution is 2.34. The van der Waals surface area contributed by atoms with Gasteiger partial charge in [0, 0.05) is 6.54 Å². The minimum Gasteiger partial charge on any atom is -0.377 e. The molecule has 3 nitrogen and oxygen atoms in total. The molecule has 2 aliphatic heterocycles. The fourth-order valence-corrected chi connectivity index (χ4v) is 2.57. The Labute approximate surface area is 92.0 Å². The lowest BCUT2D eigenvalue weighted by molar-refractivity contribution is -0.150.